The third kappa shape index (κ3) is 5.55. The number of ether oxygens (including phenoxy) is 2. The zero-order valence-electron chi connectivity index (χ0n) is 23.8. The van der Waals surface area contributed by atoms with Crippen molar-refractivity contribution in [2.45, 2.75) is 39.7 Å². The number of benzene rings is 2. The number of aliphatic hydroxyl groups is 1. The highest BCUT2D eigenvalue weighted by Crippen LogP contribution is 2.42. The summed E-state index contributed by atoms with van der Waals surface area (Å²) in [5.74, 6) is -0.0883. The van der Waals surface area contributed by atoms with Crippen molar-refractivity contribution in [2.24, 2.45) is 5.92 Å². The van der Waals surface area contributed by atoms with Gasteiger partial charge in [-0.15, -0.1) is 0 Å². The molecule has 1 fully saturated rings. The average Bonchev–Trinajstić information content (AvgIpc) is 3.44. The molecule has 2 aromatic heterocycles. The minimum atomic E-state index is -0.828. The maximum absolute atomic E-state index is 13.6. The van der Waals surface area contributed by atoms with E-state index in [0.29, 0.717) is 53.0 Å². The Kier molecular flexibility index (Phi) is 8.10. The second kappa shape index (κ2) is 11.9. The van der Waals surface area contributed by atoms with Crippen LogP contribution in [0.15, 0.2) is 78.5 Å². The van der Waals surface area contributed by atoms with E-state index in [-0.39, 0.29) is 17.9 Å². The van der Waals surface area contributed by atoms with Crippen LogP contribution in [0.4, 0.5) is 0 Å². The monoisotopic (exact) mass is 553 g/mol. The number of likely N-dealkylation sites (tertiary alicyclic amines) is 1. The quantitative estimate of drug-likeness (QED) is 0.153. The molecule has 1 aliphatic heterocycles. The normalized spacial score (nSPS) is 16.6. The maximum Gasteiger partial charge on any atom is 0.295 e. The fourth-order valence-electron chi connectivity index (χ4n) is 5.26. The molecule has 0 spiro atoms. The Bertz CT molecular complexity index is 1610. The summed E-state index contributed by atoms with van der Waals surface area (Å²) < 4.78 is 13.4. The first-order valence-electron chi connectivity index (χ1n) is 13.9. The zero-order chi connectivity index (χ0) is 29.1. The first kappa shape index (κ1) is 28.0. The molecule has 0 aliphatic carbocycles. The molecular formula is C33H35N3O5. The molecule has 3 heterocycles. The molecule has 2 aromatic carbocycles. The van der Waals surface area contributed by atoms with E-state index in [0.717, 1.165) is 12.0 Å². The Labute approximate surface area is 239 Å². The molecular weight excluding hydrogens is 518 g/mol. The van der Waals surface area contributed by atoms with E-state index in [1.165, 1.54) is 4.90 Å². The summed E-state index contributed by atoms with van der Waals surface area (Å²) in [5.41, 5.74) is 3.26. The number of amides is 1. The van der Waals surface area contributed by atoms with E-state index >= 15 is 0 Å². The first-order valence-corrected chi connectivity index (χ1v) is 13.9. The van der Waals surface area contributed by atoms with Crippen molar-refractivity contribution < 1.29 is 24.2 Å². The van der Waals surface area contributed by atoms with Crippen molar-refractivity contribution in [2.75, 3.05) is 20.3 Å². The van der Waals surface area contributed by atoms with Gasteiger partial charge in [-0.2, -0.15) is 0 Å². The lowest BCUT2D eigenvalue weighted by Crippen LogP contribution is -2.31. The number of carbonyl (C=O) groups excluding carboxylic acids is 2. The lowest BCUT2D eigenvalue weighted by molar-refractivity contribution is -0.139. The number of carbonyl (C=O) groups is 2. The van der Waals surface area contributed by atoms with Crippen molar-refractivity contribution in [1.82, 2.24) is 14.3 Å². The highest BCUT2D eigenvalue weighted by atomic mass is 16.5. The molecule has 8 heteroatoms. The van der Waals surface area contributed by atoms with Gasteiger partial charge in [-0.05, 0) is 61.1 Å². The Morgan fingerprint density at radius 3 is 2.51 bits per heavy atom. The van der Waals surface area contributed by atoms with Gasteiger partial charge in [0.25, 0.3) is 11.7 Å². The number of fused-ring (bicyclic) bond motifs is 1. The van der Waals surface area contributed by atoms with Crippen LogP contribution in [0.5, 0.6) is 11.5 Å². The van der Waals surface area contributed by atoms with Crippen molar-refractivity contribution in [3.8, 4) is 11.5 Å². The van der Waals surface area contributed by atoms with E-state index in [1.54, 1.807) is 36.8 Å². The van der Waals surface area contributed by atoms with Crippen molar-refractivity contribution in [3.63, 3.8) is 0 Å². The summed E-state index contributed by atoms with van der Waals surface area (Å²) in [4.78, 5) is 33.2. The number of Topliss-reactive ketones (excluding diaryl/α,β-unsaturated/α-hetero) is 1. The number of nitrogens with zero attached hydrogens (tertiary/aromatic N) is 3. The predicted octanol–water partition coefficient (Wildman–Crippen LogP) is 5.74. The van der Waals surface area contributed by atoms with Crippen LogP contribution in [-0.4, -0.2) is 51.3 Å². The number of methoxy groups -OCH3 is 1. The first-order chi connectivity index (χ1) is 19.8. The number of hydrogen-bond donors (Lipinski definition) is 1. The summed E-state index contributed by atoms with van der Waals surface area (Å²) in [6.07, 6.45) is 3.22. The number of aliphatic hydroxyl groups excluding tert-OH is 1. The number of hydrogen-bond acceptors (Lipinski definition) is 6. The van der Waals surface area contributed by atoms with Crippen LogP contribution < -0.4 is 9.47 Å². The van der Waals surface area contributed by atoms with Crippen LogP contribution in [0.3, 0.4) is 0 Å². The fraction of sp³-hybridized carbons (Fsp3) is 0.303. The van der Waals surface area contributed by atoms with Gasteiger partial charge < -0.3 is 19.5 Å². The van der Waals surface area contributed by atoms with Crippen molar-refractivity contribution in [3.05, 3.63) is 101 Å². The van der Waals surface area contributed by atoms with Crippen LogP contribution in [0.1, 0.15) is 48.8 Å². The number of aromatic nitrogens is 2. The molecule has 0 saturated carbocycles. The molecule has 4 aromatic rings. The predicted molar refractivity (Wildman–Crippen MR) is 157 cm³/mol. The fourth-order valence-corrected chi connectivity index (χ4v) is 5.26. The van der Waals surface area contributed by atoms with Gasteiger partial charge in [0.05, 0.1) is 31.0 Å². The van der Waals surface area contributed by atoms with Crippen LogP contribution >= 0.6 is 0 Å². The summed E-state index contributed by atoms with van der Waals surface area (Å²) in [6, 6.07) is 19.9. The van der Waals surface area contributed by atoms with Gasteiger partial charge in [-0.1, -0.05) is 56.3 Å². The molecule has 1 aliphatic rings. The molecule has 41 heavy (non-hydrogen) atoms. The largest absolute Gasteiger partial charge is 0.505 e. The number of pyridine rings is 1. The van der Waals surface area contributed by atoms with E-state index in [2.05, 4.69) is 18.8 Å². The summed E-state index contributed by atoms with van der Waals surface area (Å²) in [6.45, 7) is 6.86. The summed E-state index contributed by atoms with van der Waals surface area (Å²) in [5, 5.41) is 11.7. The molecule has 8 nitrogen and oxygen atoms in total. The van der Waals surface area contributed by atoms with Gasteiger partial charge in [0.15, 0.2) is 17.3 Å². The second-order valence-corrected chi connectivity index (χ2v) is 10.6. The number of rotatable bonds is 10. The highest BCUT2D eigenvalue weighted by molar-refractivity contribution is 6.46. The lowest BCUT2D eigenvalue weighted by Gasteiger charge is -2.26. The Morgan fingerprint density at radius 2 is 1.78 bits per heavy atom. The smallest absolute Gasteiger partial charge is 0.295 e. The van der Waals surface area contributed by atoms with Crippen LogP contribution in [-0.2, 0) is 16.0 Å². The molecule has 0 bridgehead atoms. The van der Waals surface area contributed by atoms with Gasteiger partial charge in [0.2, 0.25) is 0 Å². The average molecular weight is 554 g/mol. The van der Waals surface area contributed by atoms with E-state index in [4.69, 9.17) is 9.47 Å². The lowest BCUT2D eigenvalue weighted by atomic mass is 9.95. The van der Waals surface area contributed by atoms with Crippen molar-refractivity contribution in [1.29, 1.82) is 0 Å². The van der Waals surface area contributed by atoms with E-state index in [9.17, 15) is 14.7 Å². The van der Waals surface area contributed by atoms with Crippen LogP contribution in [0.2, 0.25) is 0 Å². The molecule has 1 unspecified atom stereocenters. The number of imidazole rings is 1. The zero-order valence-corrected chi connectivity index (χ0v) is 23.8. The summed E-state index contributed by atoms with van der Waals surface area (Å²) in [7, 11) is 1.56. The topological polar surface area (TPSA) is 93.4 Å². The Balaban J connectivity index is 1.61. The minimum Gasteiger partial charge on any atom is -0.505 e. The SMILES string of the molecule is COc1cc(C2C(=C(O)c3c(C)nc4ccccn34)C(=O)C(=O)N2CCc2ccccc2)ccc1OCCC(C)C. The number of aryl methyl sites for hydroxylation is 1. The Hall–Kier alpha value is -4.59. The maximum atomic E-state index is 13.6. The van der Waals surface area contributed by atoms with Crippen LogP contribution in [0.25, 0.3) is 11.4 Å². The van der Waals surface area contributed by atoms with E-state index in [1.807, 2.05) is 54.6 Å². The third-order valence-electron chi connectivity index (χ3n) is 7.41. The molecule has 1 amide bonds. The molecule has 0 radical (unpaired) electrons. The second-order valence-electron chi connectivity index (χ2n) is 10.6. The summed E-state index contributed by atoms with van der Waals surface area (Å²) >= 11 is 0. The van der Waals surface area contributed by atoms with Crippen molar-refractivity contribution >= 4 is 23.1 Å². The molecule has 1 atom stereocenters. The van der Waals surface area contributed by atoms with Gasteiger partial charge >= 0.3 is 0 Å². The number of ketones is 1. The molecule has 212 valence electrons. The van der Waals surface area contributed by atoms with E-state index < -0.39 is 17.7 Å². The highest BCUT2D eigenvalue weighted by Gasteiger charge is 2.46. The third-order valence-corrected chi connectivity index (χ3v) is 7.41. The van der Waals surface area contributed by atoms with Gasteiger partial charge in [0, 0.05) is 12.7 Å². The molecule has 1 saturated heterocycles. The van der Waals surface area contributed by atoms with Gasteiger partial charge in [0.1, 0.15) is 11.3 Å². The minimum absolute atomic E-state index is 0.0207. The van der Waals surface area contributed by atoms with Crippen LogP contribution in [0, 0.1) is 12.8 Å². The van der Waals surface area contributed by atoms with Gasteiger partial charge in [-0.25, -0.2) is 4.98 Å². The molecule has 5 rings (SSSR count). The standard InChI is InChI=1S/C33H35N3O5/c1-21(2)16-19-41-25-14-13-24(20-26(25)40-4)30-28(31(37)29-22(3)34-27-12-8-9-17-35(27)29)32(38)33(39)36(30)18-15-23-10-6-5-7-11-23/h5-14,17,20-21,30,37H,15-16,18-19H2,1-4H3. The molecule has 1 N–H and O–H groups in total. The van der Waals surface area contributed by atoms with Gasteiger partial charge in [-0.3, -0.25) is 14.0 Å². The Morgan fingerprint density at radius 1 is 1.02 bits per heavy atom.